The van der Waals surface area contributed by atoms with Gasteiger partial charge in [-0.2, -0.15) is 0 Å². The maximum Gasteiger partial charge on any atom is 0.327 e. The number of nitrogens with two attached hydrogens (primary N) is 2. The van der Waals surface area contributed by atoms with Crippen LogP contribution in [0.2, 0.25) is 0 Å². The lowest BCUT2D eigenvalue weighted by Crippen LogP contribution is -2.46. The summed E-state index contributed by atoms with van der Waals surface area (Å²) in [7, 11) is 0. The molecule has 0 bridgehead atoms. The first-order chi connectivity index (χ1) is 11.2. The van der Waals surface area contributed by atoms with E-state index in [0.717, 1.165) is 22.2 Å². The zero-order valence-electron chi connectivity index (χ0n) is 12.7. The number of anilines is 1. The molecular weight excluding hydrogens is 350 g/mol. The van der Waals surface area contributed by atoms with E-state index in [1.54, 1.807) is 31.2 Å². The fourth-order valence-corrected chi connectivity index (χ4v) is 3.62. The number of hydrogen-bond donors (Lipinski definition) is 3. The summed E-state index contributed by atoms with van der Waals surface area (Å²) in [4.78, 5) is 36.4. The van der Waals surface area contributed by atoms with Crippen molar-refractivity contribution in [2.75, 3.05) is 5.73 Å². The number of allylic oxidation sites excluding steroid dienone is 1. The molecule has 5 N–H and O–H groups in total. The number of nitrogens with zero attached hydrogens (tertiary/aromatic N) is 1. The second-order valence-electron chi connectivity index (χ2n) is 5.14. The van der Waals surface area contributed by atoms with E-state index in [0.29, 0.717) is 16.2 Å². The Morgan fingerprint density at radius 2 is 1.92 bits per heavy atom. The first-order valence-electron chi connectivity index (χ1n) is 6.85. The lowest BCUT2D eigenvalue weighted by Gasteiger charge is -2.21. The van der Waals surface area contributed by atoms with E-state index < -0.39 is 30.2 Å². The van der Waals surface area contributed by atoms with Crippen molar-refractivity contribution in [1.82, 2.24) is 4.90 Å². The molecule has 24 heavy (non-hydrogen) atoms. The first kappa shape index (κ1) is 18.0. The molecule has 126 valence electrons. The number of thiocarbonyl (C=S) groups is 1. The van der Waals surface area contributed by atoms with Crippen molar-refractivity contribution in [3.8, 4) is 0 Å². The highest BCUT2D eigenvalue weighted by Crippen LogP contribution is 2.38. The zero-order valence-corrected chi connectivity index (χ0v) is 14.3. The van der Waals surface area contributed by atoms with Crippen LogP contribution in [0.1, 0.15) is 18.9 Å². The van der Waals surface area contributed by atoms with E-state index in [9.17, 15) is 19.5 Å². The van der Waals surface area contributed by atoms with Crippen molar-refractivity contribution in [3.63, 3.8) is 0 Å². The molecule has 1 aromatic carbocycles. The Balaban J connectivity index is 2.40. The lowest BCUT2D eigenvalue weighted by atomic mass is 10.1. The number of thioether (sulfide) groups is 1. The van der Waals surface area contributed by atoms with Crippen LogP contribution in [0.15, 0.2) is 29.2 Å². The Bertz CT molecular complexity index is 758. The van der Waals surface area contributed by atoms with Crippen molar-refractivity contribution < 1.29 is 19.5 Å². The molecule has 1 saturated heterocycles. The third-order valence-electron chi connectivity index (χ3n) is 3.47. The second kappa shape index (κ2) is 7.02. The van der Waals surface area contributed by atoms with Gasteiger partial charge in [0.2, 0.25) is 5.91 Å². The highest BCUT2D eigenvalue weighted by atomic mass is 32.2. The van der Waals surface area contributed by atoms with E-state index in [-0.39, 0.29) is 4.32 Å². The van der Waals surface area contributed by atoms with Crippen molar-refractivity contribution in [2.45, 2.75) is 19.4 Å². The summed E-state index contributed by atoms with van der Waals surface area (Å²) in [5.74, 6) is -2.71. The predicted molar refractivity (Wildman–Crippen MR) is 95.7 cm³/mol. The maximum atomic E-state index is 12.6. The highest BCUT2D eigenvalue weighted by molar-refractivity contribution is 8.26. The Morgan fingerprint density at radius 1 is 1.33 bits per heavy atom. The summed E-state index contributed by atoms with van der Waals surface area (Å²) in [6.07, 6.45) is -0.504. The van der Waals surface area contributed by atoms with E-state index in [1.807, 2.05) is 0 Å². The molecule has 0 radical (unpaired) electrons. The highest BCUT2D eigenvalue weighted by Gasteiger charge is 2.42. The van der Waals surface area contributed by atoms with E-state index >= 15 is 0 Å². The fraction of sp³-hybridized carbons (Fsp3) is 0.200. The zero-order chi connectivity index (χ0) is 18.0. The van der Waals surface area contributed by atoms with Gasteiger partial charge in [0, 0.05) is 5.69 Å². The lowest BCUT2D eigenvalue weighted by molar-refractivity contribution is -0.146. The van der Waals surface area contributed by atoms with Crippen LogP contribution < -0.4 is 11.5 Å². The van der Waals surface area contributed by atoms with Gasteiger partial charge in [-0.15, -0.1) is 0 Å². The Morgan fingerprint density at radius 3 is 2.42 bits per heavy atom. The number of benzene rings is 1. The molecule has 7 nitrogen and oxygen atoms in total. The molecule has 1 heterocycles. The number of nitrogen functional groups attached to an aromatic ring is 1. The Hall–Kier alpha value is -2.39. The summed E-state index contributed by atoms with van der Waals surface area (Å²) >= 11 is 6.13. The average molecular weight is 365 g/mol. The molecule has 2 rings (SSSR count). The molecule has 1 aromatic rings. The molecule has 0 spiro atoms. The van der Waals surface area contributed by atoms with Crippen molar-refractivity contribution >= 4 is 57.3 Å². The minimum Gasteiger partial charge on any atom is -0.480 e. The van der Waals surface area contributed by atoms with Crippen molar-refractivity contribution in [2.24, 2.45) is 5.73 Å². The number of hydrogen-bond acceptors (Lipinski definition) is 6. The van der Waals surface area contributed by atoms with Gasteiger partial charge >= 0.3 is 5.97 Å². The average Bonchev–Trinajstić information content (AvgIpc) is 2.79. The van der Waals surface area contributed by atoms with Gasteiger partial charge in [0.25, 0.3) is 5.91 Å². The molecule has 1 aliphatic rings. The minimum absolute atomic E-state index is 0.0819. The van der Waals surface area contributed by atoms with Crippen LogP contribution in [-0.2, 0) is 14.4 Å². The minimum atomic E-state index is -1.41. The van der Waals surface area contributed by atoms with Crippen molar-refractivity contribution in [1.29, 1.82) is 0 Å². The van der Waals surface area contributed by atoms with Crippen LogP contribution in [0.5, 0.6) is 0 Å². The molecule has 1 aliphatic heterocycles. The van der Waals surface area contributed by atoms with Crippen LogP contribution in [0.3, 0.4) is 0 Å². The number of carboxylic acids is 1. The van der Waals surface area contributed by atoms with Crippen LogP contribution in [0, 0.1) is 0 Å². The molecule has 1 fully saturated rings. The summed E-state index contributed by atoms with van der Waals surface area (Å²) in [6.45, 7) is 1.74. The first-order valence-corrected chi connectivity index (χ1v) is 8.08. The van der Waals surface area contributed by atoms with E-state index in [2.05, 4.69) is 0 Å². The summed E-state index contributed by atoms with van der Waals surface area (Å²) in [5.41, 5.74) is 12.7. The predicted octanol–water partition coefficient (Wildman–Crippen LogP) is 1.19. The molecule has 0 aliphatic carbocycles. The number of carbonyl (C=O) groups is 3. The van der Waals surface area contributed by atoms with Crippen LogP contribution >= 0.6 is 24.0 Å². The number of carboxylic acid groups (broad SMARTS) is 1. The molecule has 1 atom stereocenters. The largest absolute Gasteiger partial charge is 0.480 e. The van der Waals surface area contributed by atoms with Gasteiger partial charge in [0.1, 0.15) is 10.4 Å². The maximum absolute atomic E-state index is 12.6. The smallest absolute Gasteiger partial charge is 0.327 e. The fourth-order valence-electron chi connectivity index (χ4n) is 2.22. The molecule has 1 unspecified atom stereocenters. The van der Waals surface area contributed by atoms with Gasteiger partial charge in [0.05, 0.1) is 11.3 Å². The number of aliphatic carboxylic acids is 1. The Kier molecular flexibility index (Phi) is 5.25. The van der Waals surface area contributed by atoms with Gasteiger partial charge in [-0.25, -0.2) is 4.79 Å². The SMILES string of the molecule is C/C(=C1/SC(=S)N(C(CC(N)=O)C(=O)O)C1=O)c1ccc(N)cc1. The number of primary amides is 1. The third-order valence-corrected chi connectivity index (χ3v) is 4.98. The molecule has 0 aromatic heterocycles. The molecule has 0 saturated carbocycles. The summed E-state index contributed by atoms with van der Waals surface area (Å²) in [5, 5.41) is 9.29. The molecule has 2 amide bonds. The Labute approximate surface area is 147 Å². The molecular formula is C15H15N3O4S2. The second-order valence-corrected chi connectivity index (χ2v) is 6.79. The van der Waals surface area contributed by atoms with Gasteiger partial charge in [-0.1, -0.05) is 36.1 Å². The van der Waals surface area contributed by atoms with Gasteiger partial charge < -0.3 is 16.6 Å². The number of rotatable bonds is 5. The van der Waals surface area contributed by atoms with E-state index in [1.165, 1.54) is 0 Å². The topological polar surface area (TPSA) is 127 Å². The van der Waals surface area contributed by atoms with Crippen LogP contribution in [0.25, 0.3) is 5.57 Å². The van der Waals surface area contributed by atoms with Crippen LogP contribution in [0.4, 0.5) is 5.69 Å². The number of carbonyl (C=O) groups excluding carboxylic acids is 2. The summed E-state index contributed by atoms with van der Waals surface area (Å²) < 4.78 is 0.0819. The standard InChI is InChI=1S/C15H15N3O4S2/c1-7(8-2-4-9(16)5-3-8)12-13(20)18(15(23)24-12)10(14(21)22)6-11(17)19/h2-5,10H,6,16H2,1H3,(H2,17,19)(H,21,22)/b12-7-. The normalized spacial score (nSPS) is 17.8. The van der Waals surface area contributed by atoms with Crippen LogP contribution in [-0.4, -0.2) is 38.2 Å². The third kappa shape index (κ3) is 3.57. The summed E-state index contributed by atoms with van der Waals surface area (Å²) in [6, 6.07) is 5.51. The van der Waals surface area contributed by atoms with E-state index in [4.69, 9.17) is 23.7 Å². The van der Waals surface area contributed by atoms with Gasteiger partial charge in [-0.3, -0.25) is 14.5 Å². The number of amides is 2. The molecule has 9 heteroatoms. The van der Waals surface area contributed by atoms with Crippen molar-refractivity contribution in [3.05, 3.63) is 34.7 Å². The quantitative estimate of drug-likeness (QED) is 0.406. The van der Waals surface area contributed by atoms with Gasteiger partial charge in [0.15, 0.2) is 0 Å². The van der Waals surface area contributed by atoms with Gasteiger partial charge in [-0.05, 0) is 30.2 Å². The monoisotopic (exact) mass is 365 g/mol.